The number of thiophene rings is 1. The quantitative estimate of drug-likeness (QED) is 0.254. The van der Waals surface area contributed by atoms with Gasteiger partial charge in [-0.1, -0.05) is 42.1 Å². The van der Waals surface area contributed by atoms with Crippen molar-refractivity contribution < 1.29 is 9.21 Å². The molecule has 1 fully saturated rings. The third-order valence-electron chi connectivity index (χ3n) is 7.56. The number of hydrogen-bond acceptors (Lipinski definition) is 7. The highest BCUT2D eigenvalue weighted by Crippen LogP contribution is 2.35. The number of thioether (sulfide) groups is 1. The fourth-order valence-electron chi connectivity index (χ4n) is 5.44. The number of nitrogens with zero attached hydrogens (tertiary/aromatic N) is 3. The molecule has 3 aromatic heterocycles. The van der Waals surface area contributed by atoms with Crippen LogP contribution in [0.15, 0.2) is 56.8 Å². The Labute approximate surface area is 230 Å². The molecule has 9 heteroatoms. The molecule has 0 bridgehead atoms. The number of furan rings is 1. The number of fused-ring (bicyclic) bond motifs is 3. The van der Waals surface area contributed by atoms with Crippen LogP contribution < -0.4 is 10.9 Å². The monoisotopic (exact) mass is 548 g/mol. The standard InChI is InChI=1S/C29H32N4O3S2/c1-32-28(35)25-22-9-5-6-10-24(22)38-27(25)31-29(32)37-18-21-11-12-23(36-21)26(34)30-20-13-15-33(16-14-20)17-19-7-3-2-4-8-19/h2-4,7-8,11-12,20H,5-6,9-10,13-18H2,1H3,(H,30,34). The zero-order valence-electron chi connectivity index (χ0n) is 21.6. The Hall–Kier alpha value is -2.88. The van der Waals surface area contributed by atoms with Crippen LogP contribution in [-0.4, -0.2) is 39.5 Å². The van der Waals surface area contributed by atoms with Crippen molar-refractivity contribution in [2.24, 2.45) is 7.05 Å². The van der Waals surface area contributed by atoms with Crippen LogP contribution >= 0.6 is 23.1 Å². The molecule has 2 aliphatic rings. The fourth-order valence-corrected chi connectivity index (χ4v) is 7.61. The number of nitrogens with one attached hydrogen (secondary N) is 1. The van der Waals surface area contributed by atoms with Crippen LogP contribution in [-0.2, 0) is 32.2 Å². The highest BCUT2D eigenvalue weighted by atomic mass is 32.2. The van der Waals surface area contributed by atoms with Gasteiger partial charge in [0.2, 0.25) is 0 Å². The maximum Gasteiger partial charge on any atom is 0.287 e. The van der Waals surface area contributed by atoms with Crippen LogP contribution in [0.25, 0.3) is 10.2 Å². The molecule has 38 heavy (non-hydrogen) atoms. The molecule has 1 aromatic carbocycles. The lowest BCUT2D eigenvalue weighted by Crippen LogP contribution is -2.44. The molecule has 4 aromatic rings. The highest BCUT2D eigenvalue weighted by molar-refractivity contribution is 7.98. The molecule has 1 aliphatic carbocycles. The molecule has 4 heterocycles. The van der Waals surface area contributed by atoms with E-state index in [0.29, 0.717) is 22.4 Å². The van der Waals surface area contributed by atoms with Gasteiger partial charge in [0.1, 0.15) is 10.6 Å². The minimum absolute atomic E-state index is 0.0335. The van der Waals surface area contributed by atoms with E-state index in [0.717, 1.165) is 62.0 Å². The normalized spacial score (nSPS) is 16.6. The molecule has 0 saturated carbocycles. The summed E-state index contributed by atoms with van der Waals surface area (Å²) >= 11 is 3.13. The van der Waals surface area contributed by atoms with Gasteiger partial charge in [-0.3, -0.25) is 19.1 Å². The third-order valence-corrected chi connectivity index (χ3v) is 9.79. The number of amides is 1. The lowest BCUT2D eigenvalue weighted by molar-refractivity contribution is 0.0879. The summed E-state index contributed by atoms with van der Waals surface area (Å²) in [5.41, 5.74) is 2.57. The molecule has 0 atom stereocenters. The summed E-state index contributed by atoms with van der Waals surface area (Å²) in [6.07, 6.45) is 6.20. The molecule has 1 N–H and O–H groups in total. The molecular weight excluding hydrogens is 516 g/mol. The molecular formula is C29H32N4O3S2. The number of hydrogen-bond donors (Lipinski definition) is 1. The summed E-state index contributed by atoms with van der Waals surface area (Å²) in [6.45, 7) is 2.87. The summed E-state index contributed by atoms with van der Waals surface area (Å²) in [6, 6.07) is 14.2. The average molecular weight is 549 g/mol. The second kappa shape index (κ2) is 11.1. The first kappa shape index (κ1) is 25.4. The third kappa shape index (κ3) is 5.32. The summed E-state index contributed by atoms with van der Waals surface area (Å²) in [7, 11) is 1.79. The summed E-state index contributed by atoms with van der Waals surface area (Å²) in [4.78, 5) is 35.4. The number of carbonyl (C=O) groups is 1. The zero-order chi connectivity index (χ0) is 26.1. The summed E-state index contributed by atoms with van der Waals surface area (Å²) in [5.74, 6) is 1.36. The minimum Gasteiger partial charge on any atom is -0.455 e. The number of rotatable bonds is 7. The molecule has 6 rings (SSSR count). The van der Waals surface area contributed by atoms with E-state index in [1.807, 2.05) is 12.1 Å². The lowest BCUT2D eigenvalue weighted by atomic mass is 9.97. The second-order valence-electron chi connectivity index (χ2n) is 10.2. The SMILES string of the molecule is Cn1c(SCc2ccc(C(=O)NC3CCN(Cc4ccccc4)CC3)o2)nc2sc3c(c2c1=O)CCCC3. The molecule has 0 unspecified atom stereocenters. The van der Waals surface area contributed by atoms with Crippen molar-refractivity contribution >= 4 is 39.2 Å². The van der Waals surface area contributed by atoms with Gasteiger partial charge < -0.3 is 9.73 Å². The van der Waals surface area contributed by atoms with Crippen molar-refractivity contribution in [3.05, 3.63) is 80.3 Å². The number of likely N-dealkylation sites (tertiary alicyclic amines) is 1. The number of piperidine rings is 1. The van der Waals surface area contributed by atoms with Gasteiger partial charge in [-0.05, 0) is 61.8 Å². The van der Waals surface area contributed by atoms with E-state index in [9.17, 15) is 9.59 Å². The maximum atomic E-state index is 13.1. The van der Waals surface area contributed by atoms with Gasteiger partial charge in [0, 0.05) is 37.6 Å². The highest BCUT2D eigenvalue weighted by Gasteiger charge is 2.24. The maximum absolute atomic E-state index is 13.1. The van der Waals surface area contributed by atoms with Crippen LogP contribution in [0.3, 0.4) is 0 Å². The largest absolute Gasteiger partial charge is 0.455 e. The molecule has 198 valence electrons. The first-order chi connectivity index (χ1) is 18.5. The van der Waals surface area contributed by atoms with Crippen molar-refractivity contribution in [2.45, 2.75) is 62.0 Å². The number of benzene rings is 1. The van der Waals surface area contributed by atoms with E-state index in [1.54, 1.807) is 29.0 Å². The molecule has 7 nitrogen and oxygen atoms in total. The van der Waals surface area contributed by atoms with E-state index in [-0.39, 0.29) is 17.5 Å². The van der Waals surface area contributed by atoms with Crippen molar-refractivity contribution in [3.8, 4) is 0 Å². The smallest absolute Gasteiger partial charge is 0.287 e. The lowest BCUT2D eigenvalue weighted by Gasteiger charge is -2.32. The van der Waals surface area contributed by atoms with Crippen LogP contribution in [0.2, 0.25) is 0 Å². The second-order valence-corrected chi connectivity index (χ2v) is 12.2. The van der Waals surface area contributed by atoms with Gasteiger partial charge in [0.05, 0.1) is 11.1 Å². The summed E-state index contributed by atoms with van der Waals surface area (Å²) in [5, 5.41) is 4.62. The Balaban J connectivity index is 1.04. The van der Waals surface area contributed by atoms with Crippen LogP contribution in [0, 0.1) is 0 Å². The zero-order valence-corrected chi connectivity index (χ0v) is 23.2. The molecule has 0 spiro atoms. The first-order valence-electron chi connectivity index (χ1n) is 13.3. The molecule has 1 amide bonds. The first-order valence-corrected chi connectivity index (χ1v) is 15.2. The van der Waals surface area contributed by atoms with Crippen molar-refractivity contribution in [1.82, 2.24) is 19.8 Å². The Bertz CT molecular complexity index is 1500. The Kier molecular flexibility index (Phi) is 7.41. The van der Waals surface area contributed by atoms with E-state index in [2.05, 4.69) is 34.5 Å². The van der Waals surface area contributed by atoms with Crippen molar-refractivity contribution in [2.75, 3.05) is 13.1 Å². The van der Waals surface area contributed by atoms with Gasteiger partial charge in [-0.2, -0.15) is 0 Å². The van der Waals surface area contributed by atoms with Gasteiger partial charge in [0.15, 0.2) is 10.9 Å². The topological polar surface area (TPSA) is 80.4 Å². The number of aromatic nitrogens is 2. The van der Waals surface area contributed by atoms with Crippen LogP contribution in [0.4, 0.5) is 0 Å². The van der Waals surface area contributed by atoms with Crippen LogP contribution in [0.5, 0.6) is 0 Å². The van der Waals surface area contributed by atoms with Gasteiger partial charge in [-0.15, -0.1) is 11.3 Å². The Morgan fingerprint density at radius 3 is 2.74 bits per heavy atom. The number of carbonyl (C=O) groups excluding carboxylic acids is 1. The predicted molar refractivity (Wildman–Crippen MR) is 152 cm³/mol. The molecule has 1 saturated heterocycles. The van der Waals surface area contributed by atoms with Gasteiger partial charge in [0.25, 0.3) is 11.5 Å². The van der Waals surface area contributed by atoms with Crippen LogP contribution in [0.1, 0.15) is 58.0 Å². The predicted octanol–water partition coefficient (Wildman–Crippen LogP) is 5.15. The average Bonchev–Trinajstić information content (AvgIpc) is 3.56. The Morgan fingerprint density at radius 1 is 1.13 bits per heavy atom. The van der Waals surface area contributed by atoms with E-state index in [1.165, 1.54) is 34.2 Å². The molecule has 1 aliphatic heterocycles. The Morgan fingerprint density at radius 2 is 1.92 bits per heavy atom. The van der Waals surface area contributed by atoms with E-state index < -0.39 is 0 Å². The van der Waals surface area contributed by atoms with E-state index >= 15 is 0 Å². The summed E-state index contributed by atoms with van der Waals surface area (Å²) < 4.78 is 7.53. The number of aryl methyl sites for hydroxylation is 2. The van der Waals surface area contributed by atoms with Crippen molar-refractivity contribution in [3.63, 3.8) is 0 Å². The van der Waals surface area contributed by atoms with Crippen molar-refractivity contribution in [1.29, 1.82) is 0 Å². The molecule has 0 radical (unpaired) electrons. The van der Waals surface area contributed by atoms with Gasteiger partial charge in [-0.25, -0.2) is 4.98 Å². The van der Waals surface area contributed by atoms with E-state index in [4.69, 9.17) is 9.40 Å². The fraction of sp³-hybridized carbons (Fsp3) is 0.414. The van der Waals surface area contributed by atoms with Gasteiger partial charge >= 0.3 is 0 Å². The minimum atomic E-state index is -0.168.